The predicted molar refractivity (Wildman–Crippen MR) is 81.4 cm³/mol. The summed E-state index contributed by atoms with van der Waals surface area (Å²) in [4.78, 5) is 0. The highest BCUT2D eigenvalue weighted by molar-refractivity contribution is 14.1. The van der Waals surface area contributed by atoms with Crippen molar-refractivity contribution in [2.75, 3.05) is 26.8 Å². The summed E-state index contributed by atoms with van der Waals surface area (Å²) < 4.78 is 6.31. The minimum atomic E-state index is 0.714. The van der Waals surface area contributed by atoms with Crippen molar-refractivity contribution in [1.82, 2.24) is 5.32 Å². The topological polar surface area (TPSA) is 21.3 Å². The Hall–Kier alpha value is -0.130. The second-order valence-electron chi connectivity index (χ2n) is 4.47. The van der Waals surface area contributed by atoms with Gasteiger partial charge >= 0.3 is 0 Å². The summed E-state index contributed by atoms with van der Waals surface area (Å²) in [5.41, 5.74) is 1.44. The Bertz CT molecular complexity index is 300. The minimum Gasteiger partial charge on any atom is -0.383 e. The maximum Gasteiger partial charge on any atom is 0.0587 e. The highest BCUT2D eigenvalue weighted by Crippen LogP contribution is 2.11. The molecule has 0 bridgehead atoms. The minimum absolute atomic E-state index is 0.714. The standard InChI is InChI=1S/C14H22INO/c1-12(11-16-9-10-17-2)3-4-13-5-7-14(15)8-6-13/h5-8,12,16H,3-4,9-11H2,1-2H3. The number of ether oxygens (including phenoxy) is 1. The van der Waals surface area contributed by atoms with Crippen molar-refractivity contribution >= 4 is 22.6 Å². The summed E-state index contributed by atoms with van der Waals surface area (Å²) in [7, 11) is 1.74. The zero-order chi connectivity index (χ0) is 12.5. The van der Waals surface area contributed by atoms with Crippen molar-refractivity contribution in [1.29, 1.82) is 0 Å². The molecule has 1 N–H and O–H groups in total. The average Bonchev–Trinajstić information content (AvgIpc) is 2.34. The molecular weight excluding hydrogens is 325 g/mol. The van der Waals surface area contributed by atoms with Gasteiger partial charge in [0.05, 0.1) is 6.61 Å². The van der Waals surface area contributed by atoms with Crippen LogP contribution in [0.15, 0.2) is 24.3 Å². The summed E-state index contributed by atoms with van der Waals surface area (Å²) in [5, 5.41) is 3.41. The highest BCUT2D eigenvalue weighted by atomic mass is 127. The molecule has 0 saturated carbocycles. The number of hydrogen-bond donors (Lipinski definition) is 1. The van der Waals surface area contributed by atoms with Gasteiger partial charge in [-0.1, -0.05) is 19.1 Å². The Morgan fingerprint density at radius 3 is 2.65 bits per heavy atom. The molecule has 2 nitrogen and oxygen atoms in total. The summed E-state index contributed by atoms with van der Waals surface area (Å²) in [5.74, 6) is 0.714. The molecule has 1 aromatic rings. The van der Waals surface area contributed by atoms with Crippen molar-refractivity contribution in [2.45, 2.75) is 19.8 Å². The maximum atomic E-state index is 5.00. The van der Waals surface area contributed by atoms with Crippen molar-refractivity contribution in [3.8, 4) is 0 Å². The molecule has 1 aromatic carbocycles. The number of nitrogens with one attached hydrogen (secondary N) is 1. The van der Waals surface area contributed by atoms with Crippen molar-refractivity contribution in [2.24, 2.45) is 5.92 Å². The van der Waals surface area contributed by atoms with E-state index in [-0.39, 0.29) is 0 Å². The van der Waals surface area contributed by atoms with E-state index in [1.54, 1.807) is 7.11 Å². The van der Waals surface area contributed by atoms with Crippen LogP contribution in [0, 0.1) is 9.49 Å². The van der Waals surface area contributed by atoms with Crippen LogP contribution >= 0.6 is 22.6 Å². The molecule has 0 saturated heterocycles. The van der Waals surface area contributed by atoms with Crippen molar-refractivity contribution < 1.29 is 4.74 Å². The zero-order valence-corrected chi connectivity index (χ0v) is 12.9. The number of hydrogen-bond acceptors (Lipinski definition) is 2. The lowest BCUT2D eigenvalue weighted by atomic mass is 10.0. The van der Waals surface area contributed by atoms with E-state index in [9.17, 15) is 0 Å². The largest absolute Gasteiger partial charge is 0.383 e. The van der Waals surface area contributed by atoms with Crippen LogP contribution in [0.3, 0.4) is 0 Å². The number of methoxy groups -OCH3 is 1. The Morgan fingerprint density at radius 2 is 2.00 bits per heavy atom. The lowest BCUT2D eigenvalue weighted by Crippen LogP contribution is -2.25. The van der Waals surface area contributed by atoms with Gasteiger partial charge in [-0.3, -0.25) is 0 Å². The molecule has 0 radical (unpaired) electrons. The Labute approximate surface area is 118 Å². The molecule has 1 rings (SSSR count). The first-order valence-electron chi connectivity index (χ1n) is 6.16. The lowest BCUT2D eigenvalue weighted by molar-refractivity contribution is 0.198. The van der Waals surface area contributed by atoms with E-state index < -0.39 is 0 Å². The molecule has 0 fully saturated rings. The summed E-state index contributed by atoms with van der Waals surface area (Å²) >= 11 is 2.34. The van der Waals surface area contributed by atoms with Crippen LogP contribution in [0.4, 0.5) is 0 Å². The molecule has 1 atom stereocenters. The average molecular weight is 347 g/mol. The summed E-state index contributed by atoms with van der Waals surface area (Å²) in [6.07, 6.45) is 2.41. The van der Waals surface area contributed by atoms with E-state index in [2.05, 4.69) is 59.1 Å². The van der Waals surface area contributed by atoms with Crippen LogP contribution in [0.1, 0.15) is 18.9 Å². The van der Waals surface area contributed by atoms with Gasteiger partial charge in [0.2, 0.25) is 0 Å². The van der Waals surface area contributed by atoms with E-state index in [0.29, 0.717) is 5.92 Å². The molecule has 17 heavy (non-hydrogen) atoms. The second-order valence-corrected chi connectivity index (χ2v) is 5.71. The molecule has 0 aliphatic heterocycles. The fourth-order valence-electron chi connectivity index (χ4n) is 1.69. The van der Waals surface area contributed by atoms with Gasteiger partial charge in [-0.2, -0.15) is 0 Å². The highest BCUT2D eigenvalue weighted by Gasteiger charge is 2.02. The van der Waals surface area contributed by atoms with Gasteiger partial charge in [-0.25, -0.2) is 0 Å². The van der Waals surface area contributed by atoms with E-state index in [0.717, 1.165) is 19.7 Å². The quantitative estimate of drug-likeness (QED) is 0.576. The molecule has 1 unspecified atom stereocenters. The summed E-state index contributed by atoms with van der Waals surface area (Å²) in [6.45, 7) is 5.12. The molecule has 0 aliphatic carbocycles. The number of rotatable bonds is 8. The molecule has 0 amide bonds. The SMILES string of the molecule is COCCNCC(C)CCc1ccc(I)cc1. The molecule has 0 aliphatic rings. The lowest BCUT2D eigenvalue weighted by Gasteiger charge is -2.12. The van der Waals surface area contributed by atoms with Crippen LogP contribution in [0.5, 0.6) is 0 Å². The van der Waals surface area contributed by atoms with Crippen LogP contribution in [0.25, 0.3) is 0 Å². The van der Waals surface area contributed by atoms with Gasteiger partial charge in [0.25, 0.3) is 0 Å². The smallest absolute Gasteiger partial charge is 0.0587 e. The van der Waals surface area contributed by atoms with E-state index in [1.165, 1.54) is 22.0 Å². The van der Waals surface area contributed by atoms with Gasteiger partial charge in [0.15, 0.2) is 0 Å². The molecule has 0 heterocycles. The van der Waals surface area contributed by atoms with Gasteiger partial charge in [0.1, 0.15) is 0 Å². The molecule has 0 aromatic heterocycles. The van der Waals surface area contributed by atoms with Crippen LogP contribution in [-0.4, -0.2) is 26.8 Å². The Kier molecular flexibility index (Phi) is 7.81. The zero-order valence-electron chi connectivity index (χ0n) is 10.7. The third-order valence-corrected chi connectivity index (χ3v) is 3.53. The van der Waals surface area contributed by atoms with Gasteiger partial charge in [-0.15, -0.1) is 0 Å². The molecule has 0 spiro atoms. The third kappa shape index (κ3) is 7.01. The van der Waals surface area contributed by atoms with E-state index >= 15 is 0 Å². The Balaban J connectivity index is 2.14. The number of benzene rings is 1. The monoisotopic (exact) mass is 347 g/mol. The second kappa shape index (κ2) is 8.89. The molecule has 96 valence electrons. The van der Waals surface area contributed by atoms with Gasteiger partial charge in [0, 0.05) is 17.2 Å². The Morgan fingerprint density at radius 1 is 1.29 bits per heavy atom. The first-order valence-corrected chi connectivity index (χ1v) is 7.24. The first kappa shape index (κ1) is 14.9. The van der Waals surface area contributed by atoms with Gasteiger partial charge < -0.3 is 10.1 Å². The number of halogens is 1. The van der Waals surface area contributed by atoms with Crippen molar-refractivity contribution in [3.63, 3.8) is 0 Å². The fraction of sp³-hybridized carbons (Fsp3) is 0.571. The normalized spacial score (nSPS) is 12.6. The maximum absolute atomic E-state index is 5.00. The van der Waals surface area contributed by atoms with Crippen molar-refractivity contribution in [3.05, 3.63) is 33.4 Å². The van der Waals surface area contributed by atoms with E-state index in [4.69, 9.17) is 4.74 Å². The predicted octanol–water partition coefficient (Wildman–Crippen LogP) is 3.10. The van der Waals surface area contributed by atoms with Crippen LogP contribution < -0.4 is 5.32 Å². The van der Waals surface area contributed by atoms with Gasteiger partial charge in [-0.05, 0) is 65.6 Å². The molecule has 3 heteroatoms. The van der Waals surface area contributed by atoms with E-state index in [1.807, 2.05) is 0 Å². The number of aryl methyl sites for hydroxylation is 1. The van der Waals surface area contributed by atoms with Crippen LogP contribution in [0.2, 0.25) is 0 Å². The van der Waals surface area contributed by atoms with Crippen LogP contribution in [-0.2, 0) is 11.2 Å². The first-order chi connectivity index (χ1) is 8.22. The summed E-state index contributed by atoms with van der Waals surface area (Å²) in [6, 6.07) is 8.81. The molecular formula is C14H22INO. The third-order valence-electron chi connectivity index (χ3n) is 2.81. The fourth-order valence-corrected chi connectivity index (χ4v) is 2.05.